The number of nitrogens with one attached hydrogen (secondary N) is 1. The highest BCUT2D eigenvalue weighted by Crippen LogP contribution is 2.45. The minimum Gasteiger partial charge on any atom is -0.455 e. The summed E-state index contributed by atoms with van der Waals surface area (Å²) in [6.45, 7) is 0. The van der Waals surface area contributed by atoms with Gasteiger partial charge in [0.25, 0.3) is 0 Å². The van der Waals surface area contributed by atoms with Gasteiger partial charge in [-0.15, -0.1) is 0 Å². The first-order chi connectivity index (χ1) is 10.4. The lowest BCUT2D eigenvalue weighted by Gasteiger charge is -2.41. The highest BCUT2D eigenvalue weighted by Gasteiger charge is 2.41. The molecule has 2 aliphatic rings. The van der Waals surface area contributed by atoms with Crippen LogP contribution in [-0.2, 0) is 0 Å². The third-order valence-corrected chi connectivity index (χ3v) is 4.56. The van der Waals surface area contributed by atoms with Crippen LogP contribution in [0.1, 0.15) is 12.8 Å². The summed E-state index contributed by atoms with van der Waals surface area (Å²) < 4.78 is 6.01. The number of hydrogen-bond donors (Lipinski definition) is 1. The first-order valence-electron chi connectivity index (χ1n) is 7.65. The number of benzene rings is 2. The number of fused-ring (bicyclic) bond motifs is 1. The van der Waals surface area contributed by atoms with Gasteiger partial charge >= 0.3 is 0 Å². The molecule has 2 aromatic carbocycles. The first-order valence-corrected chi connectivity index (χ1v) is 7.65. The molecule has 21 heavy (non-hydrogen) atoms. The molecule has 2 aromatic rings. The lowest BCUT2D eigenvalue weighted by molar-refractivity contribution is 0.217. The van der Waals surface area contributed by atoms with E-state index in [-0.39, 0.29) is 0 Å². The van der Waals surface area contributed by atoms with Crippen LogP contribution in [0.5, 0.6) is 11.5 Å². The quantitative estimate of drug-likeness (QED) is 0.806. The molecule has 1 saturated carbocycles. The highest BCUT2D eigenvalue weighted by atomic mass is 16.5. The molecule has 0 heterocycles. The summed E-state index contributed by atoms with van der Waals surface area (Å²) in [7, 11) is 0. The van der Waals surface area contributed by atoms with Gasteiger partial charge in [0.1, 0.15) is 5.75 Å². The largest absolute Gasteiger partial charge is 0.455 e. The SMILES string of the molecule is C1=CC2C(C1)CC2Nc1ccccc1Oc1ccccc1. The second kappa shape index (κ2) is 5.28. The molecule has 2 heteroatoms. The van der Waals surface area contributed by atoms with Gasteiger partial charge in [0, 0.05) is 12.0 Å². The Bertz CT molecular complexity index is 650. The molecule has 0 radical (unpaired) electrons. The topological polar surface area (TPSA) is 21.3 Å². The predicted molar refractivity (Wildman–Crippen MR) is 85.7 cm³/mol. The van der Waals surface area contributed by atoms with Gasteiger partial charge in [0.15, 0.2) is 5.75 Å². The maximum Gasteiger partial charge on any atom is 0.150 e. The van der Waals surface area contributed by atoms with Crippen molar-refractivity contribution >= 4 is 5.69 Å². The van der Waals surface area contributed by atoms with Gasteiger partial charge in [0.05, 0.1) is 5.69 Å². The van der Waals surface area contributed by atoms with E-state index in [0.29, 0.717) is 12.0 Å². The van der Waals surface area contributed by atoms with Crippen molar-refractivity contribution in [3.63, 3.8) is 0 Å². The van der Waals surface area contributed by atoms with Crippen molar-refractivity contribution in [1.29, 1.82) is 0 Å². The molecule has 2 nitrogen and oxygen atoms in total. The lowest BCUT2D eigenvalue weighted by Crippen LogP contribution is -2.43. The van der Waals surface area contributed by atoms with Gasteiger partial charge < -0.3 is 10.1 Å². The maximum atomic E-state index is 6.01. The minimum absolute atomic E-state index is 0.550. The second-order valence-electron chi connectivity index (χ2n) is 5.90. The molecule has 106 valence electrons. The second-order valence-corrected chi connectivity index (χ2v) is 5.90. The van der Waals surface area contributed by atoms with E-state index in [2.05, 4.69) is 29.6 Å². The third-order valence-electron chi connectivity index (χ3n) is 4.56. The van der Waals surface area contributed by atoms with E-state index in [4.69, 9.17) is 4.74 Å². The Morgan fingerprint density at radius 3 is 2.62 bits per heavy atom. The molecule has 0 spiro atoms. The van der Waals surface area contributed by atoms with Crippen LogP contribution in [0.15, 0.2) is 66.7 Å². The van der Waals surface area contributed by atoms with Gasteiger partial charge in [-0.2, -0.15) is 0 Å². The summed E-state index contributed by atoms with van der Waals surface area (Å²) >= 11 is 0. The average Bonchev–Trinajstić information content (AvgIpc) is 2.88. The number of para-hydroxylation sites is 3. The molecule has 2 aliphatic carbocycles. The third kappa shape index (κ3) is 2.42. The van der Waals surface area contributed by atoms with E-state index in [1.165, 1.54) is 12.8 Å². The summed E-state index contributed by atoms with van der Waals surface area (Å²) in [5, 5.41) is 3.66. The van der Waals surface area contributed by atoms with Gasteiger partial charge in [-0.25, -0.2) is 0 Å². The van der Waals surface area contributed by atoms with Crippen LogP contribution >= 0.6 is 0 Å². The van der Waals surface area contributed by atoms with Crippen LogP contribution < -0.4 is 10.1 Å². The maximum absolute atomic E-state index is 6.01. The number of rotatable bonds is 4. The van der Waals surface area contributed by atoms with E-state index in [1.807, 2.05) is 42.5 Å². The van der Waals surface area contributed by atoms with Crippen LogP contribution in [0.3, 0.4) is 0 Å². The zero-order valence-corrected chi connectivity index (χ0v) is 11.9. The predicted octanol–water partition coefficient (Wildman–Crippen LogP) is 4.86. The van der Waals surface area contributed by atoms with E-state index >= 15 is 0 Å². The van der Waals surface area contributed by atoms with Crippen molar-refractivity contribution in [2.24, 2.45) is 11.8 Å². The molecule has 0 bridgehead atoms. The molecule has 0 saturated heterocycles. The number of ether oxygens (including phenoxy) is 1. The fourth-order valence-corrected chi connectivity index (χ4v) is 3.37. The molecule has 3 atom stereocenters. The summed E-state index contributed by atoms with van der Waals surface area (Å²) in [6.07, 6.45) is 7.21. The lowest BCUT2D eigenvalue weighted by atomic mass is 9.71. The fourth-order valence-electron chi connectivity index (χ4n) is 3.37. The smallest absolute Gasteiger partial charge is 0.150 e. The average molecular weight is 277 g/mol. The van der Waals surface area contributed by atoms with Crippen molar-refractivity contribution < 1.29 is 4.74 Å². The highest BCUT2D eigenvalue weighted by molar-refractivity contribution is 5.58. The van der Waals surface area contributed by atoms with Crippen molar-refractivity contribution in [1.82, 2.24) is 0 Å². The van der Waals surface area contributed by atoms with Gasteiger partial charge in [-0.05, 0) is 43.0 Å². The molecule has 0 aliphatic heterocycles. The van der Waals surface area contributed by atoms with E-state index < -0.39 is 0 Å². The monoisotopic (exact) mass is 277 g/mol. The molecule has 4 rings (SSSR count). The normalized spacial score (nSPS) is 26.0. The summed E-state index contributed by atoms with van der Waals surface area (Å²) in [5.74, 6) is 3.34. The first kappa shape index (κ1) is 12.5. The standard InChI is InChI=1S/C19H19NO/c1-2-8-15(9-3-1)21-19-12-5-4-11-17(19)20-18-13-14-7-6-10-16(14)18/h1-6,8-12,14,16,18,20H,7,13H2. The zero-order chi connectivity index (χ0) is 14.1. The molecular weight excluding hydrogens is 258 g/mol. The summed E-state index contributed by atoms with van der Waals surface area (Å²) in [6, 6.07) is 18.7. The van der Waals surface area contributed by atoms with Crippen LogP contribution in [0.4, 0.5) is 5.69 Å². The Kier molecular flexibility index (Phi) is 3.15. The Labute approximate surface area is 125 Å². The van der Waals surface area contributed by atoms with Crippen molar-refractivity contribution in [3.05, 3.63) is 66.7 Å². The molecule has 1 fully saturated rings. The molecule has 3 unspecified atom stereocenters. The van der Waals surface area contributed by atoms with E-state index in [9.17, 15) is 0 Å². The molecule has 1 N–H and O–H groups in total. The zero-order valence-electron chi connectivity index (χ0n) is 11.9. The number of anilines is 1. The van der Waals surface area contributed by atoms with E-state index in [0.717, 1.165) is 23.1 Å². The molecular formula is C19H19NO. The fraction of sp³-hybridized carbons (Fsp3) is 0.263. The van der Waals surface area contributed by atoms with E-state index in [1.54, 1.807) is 0 Å². The summed E-state index contributed by atoms with van der Waals surface area (Å²) in [5.41, 5.74) is 1.09. The van der Waals surface area contributed by atoms with Crippen LogP contribution in [-0.4, -0.2) is 6.04 Å². The molecule has 0 amide bonds. The number of hydrogen-bond acceptors (Lipinski definition) is 2. The van der Waals surface area contributed by atoms with Crippen LogP contribution in [0, 0.1) is 11.8 Å². The molecule has 0 aromatic heterocycles. The van der Waals surface area contributed by atoms with Gasteiger partial charge in [0.2, 0.25) is 0 Å². The summed E-state index contributed by atoms with van der Waals surface area (Å²) in [4.78, 5) is 0. The van der Waals surface area contributed by atoms with Gasteiger partial charge in [-0.1, -0.05) is 42.5 Å². The van der Waals surface area contributed by atoms with Crippen LogP contribution in [0.25, 0.3) is 0 Å². The number of allylic oxidation sites excluding steroid dienone is 1. The van der Waals surface area contributed by atoms with Gasteiger partial charge in [-0.3, -0.25) is 0 Å². The van der Waals surface area contributed by atoms with Crippen molar-refractivity contribution in [2.75, 3.05) is 5.32 Å². The van der Waals surface area contributed by atoms with Crippen LogP contribution in [0.2, 0.25) is 0 Å². The van der Waals surface area contributed by atoms with Crippen molar-refractivity contribution in [3.8, 4) is 11.5 Å². The minimum atomic E-state index is 0.550. The Morgan fingerprint density at radius 2 is 1.76 bits per heavy atom. The Morgan fingerprint density at radius 1 is 0.952 bits per heavy atom. The van der Waals surface area contributed by atoms with Crippen molar-refractivity contribution in [2.45, 2.75) is 18.9 Å². The Balaban J connectivity index is 1.51. The Hall–Kier alpha value is -2.22.